The zero-order valence-electron chi connectivity index (χ0n) is 15.6. The summed E-state index contributed by atoms with van der Waals surface area (Å²) in [5.74, 6) is 1.70. The third-order valence-corrected chi connectivity index (χ3v) is 4.70. The molecular formula is C20H33ClN2O2. The molecule has 5 heteroatoms. The average molecular weight is 369 g/mol. The predicted molar refractivity (Wildman–Crippen MR) is 106 cm³/mol. The Kier molecular flexibility index (Phi) is 10.6. The maximum Gasteiger partial charge on any atom is 0.253 e. The maximum atomic E-state index is 12.6. The lowest BCUT2D eigenvalue weighted by molar-refractivity contribution is 0.0690. The molecule has 0 saturated carbocycles. The lowest BCUT2D eigenvalue weighted by atomic mass is 9.96. The molecule has 0 aliphatic carbocycles. The number of unbranched alkanes of at least 4 members (excludes halogenated alkanes) is 2. The number of ether oxygens (including phenoxy) is 1. The van der Waals surface area contributed by atoms with Crippen molar-refractivity contribution in [2.75, 3.05) is 32.8 Å². The molecule has 0 atom stereocenters. The van der Waals surface area contributed by atoms with Crippen LogP contribution >= 0.6 is 12.4 Å². The van der Waals surface area contributed by atoms with Gasteiger partial charge < -0.3 is 15.0 Å². The standard InChI is InChI=1S/C20H32N2O2.ClH/c1-3-5-6-15-24-19-9-7-18(8-10-19)20(23)22-13-11-17(12-14-22)16-21-4-2;/h7-10,17,21H,3-6,11-16H2,1-2H3;1H. The van der Waals surface area contributed by atoms with Crippen molar-refractivity contribution in [1.82, 2.24) is 10.2 Å². The molecule has 0 unspecified atom stereocenters. The molecule has 1 aliphatic heterocycles. The van der Waals surface area contributed by atoms with Crippen molar-refractivity contribution in [3.05, 3.63) is 29.8 Å². The van der Waals surface area contributed by atoms with Gasteiger partial charge in [0.25, 0.3) is 5.91 Å². The molecule has 1 N–H and O–H groups in total. The summed E-state index contributed by atoms with van der Waals surface area (Å²) in [4.78, 5) is 14.6. The Hall–Kier alpha value is -1.26. The molecule has 0 spiro atoms. The van der Waals surface area contributed by atoms with Crippen LogP contribution in [-0.2, 0) is 0 Å². The molecule has 4 nitrogen and oxygen atoms in total. The van der Waals surface area contributed by atoms with Gasteiger partial charge in [0.15, 0.2) is 0 Å². The van der Waals surface area contributed by atoms with Crippen molar-refractivity contribution in [3.8, 4) is 5.75 Å². The van der Waals surface area contributed by atoms with Crippen LogP contribution in [0.2, 0.25) is 0 Å². The monoisotopic (exact) mass is 368 g/mol. The number of rotatable bonds is 9. The number of likely N-dealkylation sites (tertiary alicyclic amines) is 1. The van der Waals surface area contributed by atoms with Crippen LogP contribution in [0, 0.1) is 5.92 Å². The van der Waals surface area contributed by atoms with Gasteiger partial charge in [0.05, 0.1) is 6.61 Å². The van der Waals surface area contributed by atoms with Gasteiger partial charge in [-0.15, -0.1) is 12.4 Å². The highest BCUT2D eigenvalue weighted by Crippen LogP contribution is 2.20. The molecule has 0 aromatic heterocycles. The summed E-state index contributed by atoms with van der Waals surface area (Å²) in [6, 6.07) is 7.61. The first-order chi connectivity index (χ1) is 11.7. The summed E-state index contributed by atoms with van der Waals surface area (Å²) < 4.78 is 5.71. The van der Waals surface area contributed by atoms with E-state index in [1.807, 2.05) is 29.2 Å². The Bertz CT molecular complexity index is 485. The molecular weight excluding hydrogens is 336 g/mol. The molecule has 1 aliphatic rings. The molecule has 1 saturated heterocycles. The van der Waals surface area contributed by atoms with Crippen molar-refractivity contribution in [2.45, 2.75) is 46.0 Å². The summed E-state index contributed by atoms with van der Waals surface area (Å²) in [6.07, 6.45) is 5.66. The van der Waals surface area contributed by atoms with Crippen LogP contribution in [0.25, 0.3) is 0 Å². The van der Waals surface area contributed by atoms with Gasteiger partial charge in [0, 0.05) is 18.7 Å². The molecule has 1 aromatic rings. The van der Waals surface area contributed by atoms with Crippen LogP contribution < -0.4 is 10.1 Å². The van der Waals surface area contributed by atoms with E-state index in [0.717, 1.165) is 63.4 Å². The number of amides is 1. The van der Waals surface area contributed by atoms with Crippen molar-refractivity contribution < 1.29 is 9.53 Å². The van der Waals surface area contributed by atoms with Crippen LogP contribution in [0.15, 0.2) is 24.3 Å². The Morgan fingerprint density at radius 1 is 1.16 bits per heavy atom. The average Bonchev–Trinajstić information content (AvgIpc) is 2.64. The van der Waals surface area contributed by atoms with Crippen LogP contribution in [0.1, 0.15) is 56.3 Å². The molecule has 25 heavy (non-hydrogen) atoms. The molecule has 0 bridgehead atoms. The van der Waals surface area contributed by atoms with Gasteiger partial charge in [-0.3, -0.25) is 4.79 Å². The van der Waals surface area contributed by atoms with E-state index in [1.54, 1.807) is 0 Å². The molecule has 1 heterocycles. The van der Waals surface area contributed by atoms with Gasteiger partial charge >= 0.3 is 0 Å². The van der Waals surface area contributed by atoms with Gasteiger partial charge in [-0.25, -0.2) is 0 Å². The van der Waals surface area contributed by atoms with Crippen LogP contribution in [0.4, 0.5) is 0 Å². The van der Waals surface area contributed by atoms with E-state index in [2.05, 4.69) is 19.2 Å². The van der Waals surface area contributed by atoms with Crippen LogP contribution in [0.3, 0.4) is 0 Å². The minimum Gasteiger partial charge on any atom is -0.494 e. The number of nitrogens with zero attached hydrogens (tertiary/aromatic N) is 1. The fourth-order valence-corrected chi connectivity index (χ4v) is 3.11. The second-order valence-electron chi connectivity index (χ2n) is 6.62. The first-order valence-electron chi connectivity index (χ1n) is 9.47. The number of halogens is 1. The second kappa shape index (κ2) is 12.2. The van der Waals surface area contributed by atoms with E-state index in [4.69, 9.17) is 4.74 Å². The minimum atomic E-state index is 0. The Morgan fingerprint density at radius 2 is 1.84 bits per heavy atom. The van der Waals surface area contributed by atoms with Crippen LogP contribution in [0.5, 0.6) is 5.75 Å². The van der Waals surface area contributed by atoms with Gasteiger partial charge in [-0.05, 0) is 62.5 Å². The van der Waals surface area contributed by atoms with Crippen molar-refractivity contribution >= 4 is 18.3 Å². The van der Waals surface area contributed by atoms with Crippen molar-refractivity contribution in [1.29, 1.82) is 0 Å². The number of benzene rings is 1. The summed E-state index contributed by atoms with van der Waals surface area (Å²) in [6.45, 7) is 8.89. The van der Waals surface area contributed by atoms with E-state index in [1.165, 1.54) is 12.8 Å². The highest BCUT2D eigenvalue weighted by atomic mass is 35.5. The lowest BCUT2D eigenvalue weighted by Gasteiger charge is -2.32. The van der Waals surface area contributed by atoms with Gasteiger partial charge in [-0.1, -0.05) is 26.7 Å². The highest BCUT2D eigenvalue weighted by Gasteiger charge is 2.23. The van der Waals surface area contributed by atoms with Gasteiger partial charge in [-0.2, -0.15) is 0 Å². The first-order valence-corrected chi connectivity index (χ1v) is 9.47. The number of hydrogen-bond acceptors (Lipinski definition) is 3. The number of nitrogens with one attached hydrogen (secondary N) is 1. The number of piperidine rings is 1. The topological polar surface area (TPSA) is 41.6 Å². The van der Waals surface area contributed by atoms with E-state index in [0.29, 0.717) is 5.92 Å². The third kappa shape index (κ3) is 7.25. The van der Waals surface area contributed by atoms with E-state index in [9.17, 15) is 4.79 Å². The third-order valence-electron chi connectivity index (χ3n) is 4.70. The summed E-state index contributed by atoms with van der Waals surface area (Å²) >= 11 is 0. The van der Waals surface area contributed by atoms with Crippen molar-refractivity contribution in [3.63, 3.8) is 0 Å². The summed E-state index contributed by atoms with van der Waals surface area (Å²) in [7, 11) is 0. The summed E-state index contributed by atoms with van der Waals surface area (Å²) in [5, 5.41) is 3.41. The smallest absolute Gasteiger partial charge is 0.253 e. The highest BCUT2D eigenvalue weighted by molar-refractivity contribution is 5.94. The predicted octanol–water partition coefficient (Wildman–Crippen LogP) is 4.14. The molecule has 2 rings (SSSR count). The Morgan fingerprint density at radius 3 is 2.44 bits per heavy atom. The van der Waals surface area contributed by atoms with E-state index >= 15 is 0 Å². The summed E-state index contributed by atoms with van der Waals surface area (Å²) in [5.41, 5.74) is 0.765. The molecule has 1 amide bonds. The normalized spacial score (nSPS) is 14.9. The van der Waals surface area contributed by atoms with Gasteiger partial charge in [0.1, 0.15) is 5.75 Å². The molecule has 142 valence electrons. The van der Waals surface area contributed by atoms with E-state index in [-0.39, 0.29) is 18.3 Å². The SMILES string of the molecule is CCCCCOc1ccc(C(=O)N2CCC(CNCC)CC2)cc1.Cl. The zero-order valence-corrected chi connectivity index (χ0v) is 16.4. The number of carbonyl (C=O) groups is 1. The minimum absolute atomic E-state index is 0. The largest absolute Gasteiger partial charge is 0.494 e. The second-order valence-corrected chi connectivity index (χ2v) is 6.62. The zero-order chi connectivity index (χ0) is 17.2. The van der Waals surface area contributed by atoms with Crippen LogP contribution in [-0.4, -0.2) is 43.6 Å². The Labute approximate surface area is 158 Å². The van der Waals surface area contributed by atoms with E-state index < -0.39 is 0 Å². The fourth-order valence-electron chi connectivity index (χ4n) is 3.11. The maximum absolute atomic E-state index is 12.6. The van der Waals surface area contributed by atoms with Crippen molar-refractivity contribution in [2.24, 2.45) is 5.92 Å². The molecule has 1 aromatic carbocycles. The van der Waals surface area contributed by atoms with Gasteiger partial charge in [0.2, 0.25) is 0 Å². The Balaban J connectivity index is 0.00000312. The number of carbonyl (C=O) groups excluding carboxylic acids is 1. The molecule has 0 radical (unpaired) electrons. The first kappa shape index (κ1) is 21.8. The number of hydrogen-bond donors (Lipinski definition) is 1. The lowest BCUT2D eigenvalue weighted by Crippen LogP contribution is -2.40. The fraction of sp³-hybridized carbons (Fsp3) is 0.650. The molecule has 1 fully saturated rings. The quantitative estimate of drug-likeness (QED) is 0.666.